The van der Waals surface area contributed by atoms with Crippen molar-refractivity contribution in [3.63, 3.8) is 0 Å². The standard InChI is InChI=1S/C12H16BrClFN/c1-3-16-7-8(2)6-9-4-5-10(13)11(14)12(9)15/h4-5,8,16H,3,6-7H2,1-2H3. The zero-order valence-electron chi connectivity index (χ0n) is 9.49. The Hall–Kier alpha value is -0.120. The van der Waals surface area contributed by atoms with Crippen LogP contribution in [-0.4, -0.2) is 13.1 Å². The molecule has 0 saturated carbocycles. The highest BCUT2D eigenvalue weighted by atomic mass is 79.9. The highest BCUT2D eigenvalue weighted by Crippen LogP contribution is 2.28. The Kier molecular flexibility index (Phi) is 5.73. The summed E-state index contributed by atoms with van der Waals surface area (Å²) in [5.41, 5.74) is 0.679. The number of hydrogen-bond donors (Lipinski definition) is 1. The molecule has 1 nitrogen and oxygen atoms in total. The Morgan fingerprint density at radius 3 is 2.81 bits per heavy atom. The van der Waals surface area contributed by atoms with Crippen molar-refractivity contribution in [1.82, 2.24) is 5.32 Å². The first kappa shape index (κ1) is 13.9. The Balaban J connectivity index is 2.70. The molecule has 1 N–H and O–H groups in total. The van der Waals surface area contributed by atoms with Crippen molar-refractivity contribution in [1.29, 1.82) is 0 Å². The normalized spacial score (nSPS) is 12.8. The van der Waals surface area contributed by atoms with Gasteiger partial charge in [-0.3, -0.25) is 0 Å². The maximum atomic E-state index is 13.8. The largest absolute Gasteiger partial charge is 0.317 e. The van der Waals surface area contributed by atoms with E-state index in [2.05, 4.69) is 35.1 Å². The fourth-order valence-corrected chi connectivity index (χ4v) is 2.05. The van der Waals surface area contributed by atoms with Gasteiger partial charge in [-0.1, -0.05) is 31.5 Å². The van der Waals surface area contributed by atoms with Crippen LogP contribution in [0, 0.1) is 11.7 Å². The smallest absolute Gasteiger partial charge is 0.146 e. The number of nitrogens with one attached hydrogen (secondary N) is 1. The van der Waals surface area contributed by atoms with Gasteiger partial charge in [0.25, 0.3) is 0 Å². The monoisotopic (exact) mass is 307 g/mol. The molecule has 0 heterocycles. The van der Waals surface area contributed by atoms with Crippen molar-refractivity contribution >= 4 is 27.5 Å². The summed E-state index contributed by atoms with van der Waals surface area (Å²) in [6.45, 7) is 5.99. The number of benzene rings is 1. The lowest BCUT2D eigenvalue weighted by molar-refractivity contribution is 0.505. The minimum absolute atomic E-state index is 0.174. The van der Waals surface area contributed by atoms with E-state index >= 15 is 0 Å². The molecule has 0 aliphatic carbocycles. The molecule has 0 aliphatic heterocycles. The van der Waals surface area contributed by atoms with Crippen molar-refractivity contribution in [2.24, 2.45) is 5.92 Å². The summed E-state index contributed by atoms with van der Waals surface area (Å²) in [5, 5.41) is 3.42. The van der Waals surface area contributed by atoms with Gasteiger partial charge in [0, 0.05) is 4.47 Å². The van der Waals surface area contributed by atoms with E-state index in [9.17, 15) is 4.39 Å². The second kappa shape index (κ2) is 6.58. The topological polar surface area (TPSA) is 12.0 Å². The zero-order chi connectivity index (χ0) is 12.1. The summed E-state index contributed by atoms with van der Waals surface area (Å²) in [4.78, 5) is 0. The van der Waals surface area contributed by atoms with Gasteiger partial charge in [-0.15, -0.1) is 0 Å². The van der Waals surface area contributed by atoms with Gasteiger partial charge in [-0.2, -0.15) is 0 Å². The average Bonchev–Trinajstić information content (AvgIpc) is 2.27. The third-order valence-electron chi connectivity index (χ3n) is 2.43. The van der Waals surface area contributed by atoms with E-state index in [1.165, 1.54) is 0 Å². The van der Waals surface area contributed by atoms with Gasteiger partial charge in [0.05, 0.1) is 5.02 Å². The highest BCUT2D eigenvalue weighted by Gasteiger charge is 2.12. The molecule has 0 fully saturated rings. The van der Waals surface area contributed by atoms with Crippen LogP contribution in [0.25, 0.3) is 0 Å². The van der Waals surface area contributed by atoms with Crippen molar-refractivity contribution in [2.45, 2.75) is 20.3 Å². The molecular weight excluding hydrogens is 292 g/mol. The van der Waals surface area contributed by atoms with Crippen LogP contribution in [0.15, 0.2) is 16.6 Å². The SMILES string of the molecule is CCNCC(C)Cc1ccc(Br)c(Cl)c1F. The molecule has 0 radical (unpaired) electrons. The lowest BCUT2D eigenvalue weighted by atomic mass is 10.0. The van der Waals surface area contributed by atoms with E-state index < -0.39 is 0 Å². The van der Waals surface area contributed by atoms with E-state index in [1.54, 1.807) is 12.1 Å². The molecule has 0 spiro atoms. The van der Waals surface area contributed by atoms with Gasteiger partial charge in [-0.05, 0) is 53.0 Å². The first-order chi connectivity index (χ1) is 7.56. The van der Waals surface area contributed by atoms with Gasteiger partial charge in [0.15, 0.2) is 0 Å². The fraction of sp³-hybridized carbons (Fsp3) is 0.500. The first-order valence-corrected chi connectivity index (χ1v) is 6.56. The summed E-state index contributed by atoms with van der Waals surface area (Å²) in [5.74, 6) is 0.0890. The molecule has 1 atom stereocenters. The minimum Gasteiger partial charge on any atom is -0.317 e. The Morgan fingerprint density at radius 1 is 1.50 bits per heavy atom. The van der Waals surface area contributed by atoms with Crippen LogP contribution in [0.1, 0.15) is 19.4 Å². The second-order valence-electron chi connectivity index (χ2n) is 3.95. The van der Waals surface area contributed by atoms with Gasteiger partial charge < -0.3 is 5.32 Å². The van der Waals surface area contributed by atoms with Crippen molar-refractivity contribution in [2.75, 3.05) is 13.1 Å². The van der Waals surface area contributed by atoms with Crippen LogP contribution in [0.3, 0.4) is 0 Å². The van der Waals surface area contributed by atoms with Crippen molar-refractivity contribution in [3.05, 3.63) is 33.0 Å². The molecule has 0 bridgehead atoms. The molecule has 1 rings (SSSR count). The van der Waals surface area contributed by atoms with Crippen LogP contribution < -0.4 is 5.32 Å². The van der Waals surface area contributed by atoms with Gasteiger partial charge in [0.2, 0.25) is 0 Å². The zero-order valence-corrected chi connectivity index (χ0v) is 11.8. The molecule has 1 unspecified atom stereocenters. The maximum Gasteiger partial charge on any atom is 0.146 e. The van der Waals surface area contributed by atoms with Gasteiger partial charge in [0.1, 0.15) is 5.82 Å². The third kappa shape index (κ3) is 3.72. The van der Waals surface area contributed by atoms with E-state index in [1.807, 2.05) is 0 Å². The van der Waals surface area contributed by atoms with Crippen LogP contribution in [0.5, 0.6) is 0 Å². The molecule has 16 heavy (non-hydrogen) atoms. The molecule has 0 amide bonds. The summed E-state index contributed by atoms with van der Waals surface area (Å²) >= 11 is 9.04. The van der Waals surface area contributed by atoms with Crippen molar-refractivity contribution < 1.29 is 4.39 Å². The first-order valence-electron chi connectivity index (χ1n) is 5.39. The van der Waals surface area contributed by atoms with Crippen LogP contribution in [0.2, 0.25) is 5.02 Å². The minimum atomic E-state index is -0.306. The molecule has 1 aromatic rings. The van der Waals surface area contributed by atoms with Crippen LogP contribution in [0.4, 0.5) is 4.39 Å². The van der Waals surface area contributed by atoms with Crippen LogP contribution >= 0.6 is 27.5 Å². The Bertz CT molecular complexity index is 357. The van der Waals surface area contributed by atoms with E-state index in [4.69, 9.17) is 11.6 Å². The Morgan fingerprint density at radius 2 is 2.19 bits per heavy atom. The summed E-state index contributed by atoms with van der Waals surface area (Å²) in [6, 6.07) is 3.58. The lowest BCUT2D eigenvalue weighted by Gasteiger charge is -2.13. The fourth-order valence-electron chi connectivity index (χ4n) is 1.56. The second-order valence-corrected chi connectivity index (χ2v) is 5.18. The quantitative estimate of drug-likeness (QED) is 0.810. The third-order valence-corrected chi connectivity index (χ3v) is 3.68. The molecule has 0 aromatic heterocycles. The molecule has 1 aromatic carbocycles. The van der Waals surface area contributed by atoms with E-state index in [0.29, 0.717) is 22.4 Å². The molecule has 90 valence electrons. The number of rotatable bonds is 5. The summed E-state index contributed by atoms with van der Waals surface area (Å²) < 4.78 is 14.4. The van der Waals surface area contributed by atoms with E-state index in [-0.39, 0.29) is 10.8 Å². The highest BCUT2D eigenvalue weighted by molar-refractivity contribution is 9.10. The summed E-state index contributed by atoms with van der Waals surface area (Å²) in [6.07, 6.45) is 0.700. The predicted molar refractivity (Wildman–Crippen MR) is 70.5 cm³/mol. The van der Waals surface area contributed by atoms with Gasteiger partial charge >= 0.3 is 0 Å². The molecule has 4 heteroatoms. The van der Waals surface area contributed by atoms with Crippen molar-refractivity contribution in [3.8, 4) is 0 Å². The molecule has 0 saturated heterocycles. The molecular formula is C12H16BrClFN. The van der Waals surface area contributed by atoms with Gasteiger partial charge in [-0.25, -0.2) is 4.39 Å². The molecule has 0 aliphatic rings. The maximum absolute atomic E-state index is 13.8. The van der Waals surface area contributed by atoms with Crippen LogP contribution in [-0.2, 0) is 6.42 Å². The average molecular weight is 309 g/mol. The summed E-state index contributed by atoms with van der Waals surface area (Å²) in [7, 11) is 0. The Labute approximate surface area is 110 Å². The lowest BCUT2D eigenvalue weighted by Crippen LogP contribution is -2.22. The van der Waals surface area contributed by atoms with E-state index in [0.717, 1.165) is 13.1 Å². The number of halogens is 3. The predicted octanol–water partition coefficient (Wildman–Crippen LogP) is 4.03. The number of hydrogen-bond acceptors (Lipinski definition) is 1.